The summed E-state index contributed by atoms with van der Waals surface area (Å²) in [6.07, 6.45) is 1.89. The molecule has 2 aromatic rings. The van der Waals surface area contributed by atoms with Crippen LogP contribution in [0.25, 0.3) is 0 Å². The Hall–Kier alpha value is -1.08. The first-order chi connectivity index (χ1) is 10.5. The number of nitrogens with one attached hydrogen (secondary N) is 1. The zero-order valence-electron chi connectivity index (χ0n) is 12.2. The topological polar surface area (TPSA) is 55.4 Å². The SMILES string of the molecule is CCCCOc1cc(S(=O)(=O)NCc2cccs2)ccc1Cl. The van der Waals surface area contributed by atoms with Gasteiger partial charge in [-0.3, -0.25) is 0 Å². The van der Waals surface area contributed by atoms with Crippen LogP contribution in [0.2, 0.25) is 5.02 Å². The molecule has 0 amide bonds. The molecule has 0 unspecified atom stereocenters. The summed E-state index contributed by atoms with van der Waals surface area (Å²) in [5.41, 5.74) is 0. The van der Waals surface area contributed by atoms with Gasteiger partial charge in [0, 0.05) is 17.5 Å². The highest BCUT2D eigenvalue weighted by Crippen LogP contribution is 2.27. The van der Waals surface area contributed by atoms with Gasteiger partial charge in [-0.05, 0) is 30.0 Å². The fourth-order valence-electron chi connectivity index (χ4n) is 1.75. The maximum Gasteiger partial charge on any atom is 0.241 e. The molecule has 1 aromatic heterocycles. The molecule has 2 rings (SSSR count). The van der Waals surface area contributed by atoms with E-state index >= 15 is 0 Å². The third-order valence-corrected chi connectivity index (χ3v) is 5.57. The van der Waals surface area contributed by atoms with E-state index in [0.717, 1.165) is 17.7 Å². The summed E-state index contributed by atoms with van der Waals surface area (Å²) in [6, 6.07) is 8.26. The van der Waals surface area contributed by atoms with Crippen molar-refractivity contribution >= 4 is 33.0 Å². The van der Waals surface area contributed by atoms with Crippen LogP contribution >= 0.6 is 22.9 Å². The zero-order chi connectivity index (χ0) is 16.0. The minimum Gasteiger partial charge on any atom is -0.492 e. The molecule has 120 valence electrons. The second-order valence-corrected chi connectivity index (χ2v) is 7.90. The maximum absolute atomic E-state index is 12.3. The Bertz CT molecular complexity index is 700. The zero-order valence-corrected chi connectivity index (χ0v) is 14.6. The molecule has 22 heavy (non-hydrogen) atoms. The van der Waals surface area contributed by atoms with Crippen molar-refractivity contribution in [3.05, 3.63) is 45.6 Å². The molecule has 0 aliphatic rings. The predicted molar refractivity (Wildman–Crippen MR) is 90.2 cm³/mol. The van der Waals surface area contributed by atoms with E-state index in [-0.39, 0.29) is 11.4 Å². The van der Waals surface area contributed by atoms with Gasteiger partial charge in [-0.25, -0.2) is 13.1 Å². The Balaban J connectivity index is 2.10. The second-order valence-electron chi connectivity index (χ2n) is 4.70. The Kier molecular flexibility index (Phi) is 6.26. The van der Waals surface area contributed by atoms with Gasteiger partial charge in [-0.2, -0.15) is 0 Å². The van der Waals surface area contributed by atoms with Crippen molar-refractivity contribution in [3.63, 3.8) is 0 Å². The van der Waals surface area contributed by atoms with Crippen LogP contribution in [0.5, 0.6) is 5.75 Å². The number of ether oxygens (including phenoxy) is 1. The molecule has 0 saturated carbocycles. The molecule has 0 spiro atoms. The van der Waals surface area contributed by atoms with E-state index in [1.54, 1.807) is 6.07 Å². The van der Waals surface area contributed by atoms with Crippen LogP contribution in [0.15, 0.2) is 40.6 Å². The van der Waals surface area contributed by atoms with Crippen molar-refractivity contribution in [2.24, 2.45) is 0 Å². The minimum absolute atomic E-state index is 0.153. The van der Waals surface area contributed by atoms with Gasteiger partial charge in [-0.15, -0.1) is 11.3 Å². The van der Waals surface area contributed by atoms with Crippen molar-refractivity contribution < 1.29 is 13.2 Å². The summed E-state index contributed by atoms with van der Waals surface area (Å²) < 4.78 is 32.7. The molecule has 4 nitrogen and oxygen atoms in total. The number of rotatable bonds is 8. The monoisotopic (exact) mass is 359 g/mol. The number of sulfonamides is 1. The van der Waals surface area contributed by atoms with Gasteiger partial charge in [0.2, 0.25) is 10.0 Å². The molecule has 1 N–H and O–H groups in total. The normalized spacial score (nSPS) is 11.5. The third-order valence-electron chi connectivity index (χ3n) is 2.98. The predicted octanol–water partition coefficient (Wildman–Crippen LogP) is 4.06. The van der Waals surface area contributed by atoms with Crippen molar-refractivity contribution in [3.8, 4) is 5.75 Å². The summed E-state index contributed by atoms with van der Waals surface area (Å²) in [7, 11) is -3.59. The van der Waals surface area contributed by atoms with E-state index in [1.165, 1.54) is 23.5 Å². The standard InChI is InChI=1S/C15H18ClNO3S2/c1-2-3-8-20-15-10-13(6-7-14(15)16)22(18,19)17-11-12-5-4-9-21-12/h4-7,9-10,17H,2-3,8,11H2,1H3. The average molecular weight is 360 g/mol. The molecule has 0 saturated heterocycles. The Morgan fingerprint density at radius 2 is 2.14 bits per heavy atom. The molecule has 7 heteroatoms. The largest absolute Gasteiger partial charge is 0.492 e. The van der Waals surface area contributed by atoms with Crippen LogP contribution in [0.3, 0.4) is 0 Å². The minimum atomic E-state index is -3.59. The number of hydrogen-bond donors (Lipinski definition) is 1. The lowest BCUT2D eigenvalue weighted by molar-refractivity contribution is 0.309. The lowest BCUT2D eigenvalue weighted by Gasteiger charge is -2.10. The van der Waals surface area contributed by atoms with Gasteiger partial charge in [-0.1, -0.05) is 31.0 Å². The lowest BCUT2D eigenvalue weighted by Crippen LogP contribution is -2.22. The Morgan fingerprint density at radius 3 is 2.82 bits per heavy atom. The van der Waals surface area contributed by atoms with Gasteiger partial charge in [0.05, 0.1) is 16.5 Å². The summed E-state index contributed by atoms with van der Waals surface area (Å²) in [5, 5.41) is 2.32. The lowest BCUT2D eigenvalue weighted by atomic mass is 10.3. The van der Waals surface area contributed by atoms with Crippen molar-refractivity contribution in [1.29, 1.82) is 0 Å². The molecule has 0 radical (unpaired) electrons. The molecule has 0 aliphatic carbocycles. The summed E-state index contributed by atoms with van der Waals surface area (Å²) in [4.78, 5) is 1.11. The van der Waals surface area contributed by atoms with Crippen molar-refractivity contribution in [2.75, 3.05) is 6.61 Å². The molecule has 1 aromatic carbocycles. The number of hydrogen-bond acceptors (Lipinski definition) is 4. The van der Waals surface area contributed by atoms with E-state index in [0.29, 0.717) is 17.4 Å². The molecule has 0 bridgehead atoms. The van der Waals surface area contributed by atoms with Crippen LogP contribution in [0.4, 0.5) is 0 Å². The van der Waals surface area contributed by atoms with Crippen LogP contribution in [0, 0.1) is 0 Å². The van der Waals surface area contributed by atoms with Crippen molar-refractivity contribution in [1.82, 2.24) is 4.72 Å². The Morgan fingerprint density at radius 1 is 1.32 bits per heavy atom. The first-order valence-corrected chi connectivity index (χ1v) is 9.71. The summed E-state index contributed by atoms with van der Waals surface area (Å²) in [6.45, 7) is 2.84. The quantitative estimate of drug-likeness (QED) is 0.723. The van der Waals surface area contributed by atoms with Crippen molar-refractivity contribution in [2.45, 2.75) is 31.2 Å². The highest BCUT2D eigenvalue weighted by Gasteiger charge is 2.16. The van der Waals surface area contributed by atoms with Gasteiger partial charge in [0.1, 0.15) is 5.75 Å². The van der Waals surface area contributed by atoms with E-state index in [1.807, 2.05) is 17.5 Å². The molecule has 0 fully saturated rings. The van der Waals surface area contributed by atoms with Gasteiger partial charge >= 0.3 is 0 Å². The third kappa shape index (κ3) is 4.71. The van der Waals surface area contributed by atoms with Crippen LogP contribution in [-0.2, 0) is 16.6 Å². The first kappa shape index (κ1) is 17.3. The van der Waals surface area contributed by atoms with Gasteiger partial charge < -0.3 is 4.74 Å². The summed E-state index contributed by atoms with van der Waals surface area (Å²) >= 11 is 7.55. The fourth-order valence-corrected chi connectivity index (χ4v) is 3.68. The van der Waals surface area contributed by atoms with Gasteiger partial charge in [0.25, 0.3) is 0 Å². The molecule has 1 heterocycles. The van der Waals surface area contributed by atoms with E-state index in [9.17, 15) is 8.42 Å². The van der Waals surface area contributed by atoms with E-state index in [2.05, 4.69) is 11.6 Å². The molecular weight excluding hydrogens is 342 g/mol. The number of halogens is 1. The maximum atomic E-state index is 12.3. The van der Waals surface area contributed by atoms with E-state index < -0.39 is 10.0 Å². The van der Waals surface area contributed by atoms with E-state index in [4.69, 9.17) is 16.3 Å². The smallest absolute Gasteiger partial charge is 0.241 e. The highest BCUT2D eigenvalue weighted by atomic mass is 35.5. The second kappa shape index (κ2) is 7.97. The Labute approximate surface area is 140 Å². The fraction of sp³-hybridized carbons (Fsp3) is 0.333. The first-order valence-electron chi connectivity index (χ1n) is 6.97. The molecule has 0 atom stereocenters. The number of unbranched alkanes of at least 4 members (excludes halogenated alkanes) is 1. The van der Waals surface area contributed by atoms with Crippen LogP contribution in [0.1, 0.15) is 24.6 Å². The molecule has 0 aliphatic heterocycles. The highest BCUT2D eigenvalue weighted by molar-refractivity contribution is 7.89. The number of thiophene rings is 1. The summed E-state index contributed by atoms with van der Waals surface area (Å²) in [5.74, 6) is 0.397. The van der Waals surface area contributed by atoms with Crippen LogP contribution < -0.4 is 9.46 Å². The molecular formula is C15H18ClNO3S2. The average Bonchev–Trinajstić information content (AvgIpc) is 3.01. The number of benzene rings is 1. The van der Waals surface area contributed by atoms with Crippen LogP contribution in [-0.4, -0.2) is 15.0 Å². The van der Waals surface area contributed by atoms with Gasteiger partial charge in [0.15, 0.2) is 0 Å².